The number of carbonyl (C=O) groups excluding carboxylic acids is 2. The Morgan fingerprint density at radius 2 is 1.66 bits per heavy atom. The Bertz CT molecular complexity index is 832. The fourth-order valence-corrected chi connectivity index (χ4v) is 5.37. The lowest BCUT2D eigenvalue weighted by atomic mass is 10.0. The van der Waals surface area contributed by atoms with Crippen LogP contribution in [-0.2, 0) is 14.8 Å². The van der Waals surface area contributed by atoms with Crippen molar-refractivity contribution in [3.8, 4) is 0 Å². The summed E-state index contributed by atoms with van der Waals surface area (Å²) in [5.41, 5.74) is 0.445. The van der Waals surface area contributed by atoms with Gasteiger partial charge in [-0.3, -0.25) is 4.79 Å². The fourth-order valence-electron chi connectivity index (χ4n) is 3.77. The summed E-state index contributed by atoms with van der Waals surface area (Å²) in [6.45, 7) is 6.90. The maximum atomic E-state index is 12.9. The molecule has 0 aliphatic carbocycles. The topological polar surface area (TPSA) is 87.2 Å². The van der Waals surface area contributed by atoms with Crippen LogP contribution in [0.5, 0.6) is 0 Å². The monoisotopic (exact) mass is 423 g/mol. The molecule has 2 heterocycles. The number of rotatable bonds is 4. The summed E-state index contributed by atoms with van der Waals surface area (Å²) < 4.78 is 32.2. The Morgan fingerprint density at radius 3 is 2.24 bits per heavy atom. The Labute approximate surface area is 172 Å². The van der Waals surface area contributed by atoms with E-state index >= 15 is 0 Å². The molecule has 160 valence electrons. The zero-order valence-corrected chi connectivity index (χ0v) is 17.9. The average Bonchev–Trinajstić information content (AvgIpc) is 2.73. The molecule has 3 rings (SSSR count). The number of piperazine rings is 1. The van der Waals surface area contributed by atoms with Gasteiger partial charge in [-0.05, 0) is 49.9 Å². The molecular weight excluding hydrogens is 394 g/mol. The predicted molar refractivity (Wildman–Crippen MR) is 108 cm³/mol. The summed E-state index contributed by atoms with van der Waals surface area (Å²) in [6.07, 6.45) is 1.55. The van der Waals surface area contributed by atoms with Crippen LogP contribution in [0.15, 0.2) is 29.2 Å². The molecule has 2 saturated heterocycles. The van der Waals surface area contributed by atoms with Gasteiger partial charge in [-0.25, -0.2) is 13.2 Å². The lowest BCUT2D eigenvalue weighted by Gasteiger charge is -2.34. The Morgan fingerprint density at radius 1 is 1.03 bits per heavy atom. The number of sulfonamides is 1. The molecule has 1 aromatic carbocycles. The van der Waals surface area contributed by atoms with E-state index in [4.69, 9.17) is 4.74 Å². The second kappa shape index (κ2) is 9.13. The second-order valence-corrected chi connectivity index (χ2v) is 9.55. The summed E-state index contributed by atoms with van der Waals surface area (Å²) >= 11 is 0. The lowest BCUT2D eigenvalue weighted by Crippen LogP contribution is -2.50. The van der Waals surface area contributed by atoms with Gasteiger partial charge in [0.1, 0.15) is 0 Å². The van der Waals surface area contributed by atoms with Crippen molar-refractivity contribution in [3.63, 3.8) is 0 Å². The molecule has 1 aromatic rings. The first-order valence-electron chi connectivity index (χ1n) is 10.1. The van der Waals surface area contributed by atoms with Gasteiger partial charge in [0, 0.05) is 44.8 Å². The minimum atomic E-state index is -3.53. The van der Waals surface area contributed by atoms with Crippen molar-refractivity contribution < 1.29 is 22.7 Å². The van der Waals surface area contributed by atoms with Gasteiger partial charge in [0.2, 0.25) is 10.0 Å². The van der Waals surface area contributed by atoms with Crippen LogP contribution < -0.4 is 0 Å². The number of nitrogens with zero attached hydrogens (tertiary/aromatic N) is 3. The molecule has 1 atom stereocenters. The van der Waals surface area contributed by atoms with Gasteiger partial charge in [-0.15, -0.1) is 0 Å². The molecule has 8 nitrogen and oxygen atoms in total. The van der Waals surface area contributed by atoms with Crippen LogP contribution in [0.3, 0.4) is 0 Å². The third-order valence-electron chi connectivity index (χ3n) is 5.45. The first-order valence-corrected chi connectivity index (χ1v) is 11.6. The van der Waals surface area contributed by atoms with E-state index in [1.54, 1.807) is 28.9 Å². The maximum absolute atomic E-state index is 12.9. The van der Waals surface area contributed by atoms with Crippen molar-refractivity contribution >= 4 is 22.0 Å². The van der Waals surface area contributed by atoms with Crippen molar-refractivity contribution in [3.05, 3.63) is 29.8 Å². The summed E-state index contributed by atoms with van der Waals surface area (Å²) in [7, 11) is -3.53. The van der Waals surface area contributed by atoms with E-state index in [0.717, 1.165) is 12.8 Å². The predicted octanol–water partition coefficient (Wildman–Crippen LogP) is 2.02. The Balaban J connectivity index is 1.63. The molecule has 0 saturated carbocycles. The van der Waals surface area contributed by atoms with Crippen molar-refractivity contribution in [1.82, 2.24) is 14.1 Å². The van der Waals surface area contributed by atoms with Gasteiger partial charge in [0.25, 0.3) is 5.91 Å². The molecule has 0 bridgehead atoms. The number of hydrogen-bond acceptors (Lipinski definition) is 5. The lowest BCUT2D eigenvalue weighted by molar-refractivity contribution is 0.0570. The molecule has 29 heavy (non-hydrogen) atoms. The van der Waals surface area contributed by atoms with Crippen molar-refractivity contribution in [2.45, 2.75) is 31.6 Å². The van der Waals surface area contributed by atoms with E-state index in [2.05, 4.69) is 6.92 Å². The molecule has 0 unspecified atom stereocenters. The fraction of sp³-hybridized carbons (Fsp3) is 0.600. The highest BCUT2D eigenvalue weighted by Gasteiger charge is 2.29. The van der Waals surface area contributed by atoms with Gasteiger partial charge in [0.15, 0.2) is 0 Å². The minimum absolute atomic E-state index is 0.163. The number of benzene rings is 1. The summed E-state index contributed by atoms with van der Waals surface area (Å²) in [6, 6.07) is 6.16. The van der Waals surface area contributed by atoms with Gasteiger partial charge in [0.05, 0.1) is 11.5 Å². The maximum Gasteiger partial charge on any atom is 0.409 e. The van der Waals surface area contributed by atoms with Crippen LogP contribution in [0.25, 0.3) is 0 Å². The van der Waals surface area contributed by atoms with E-state index in [1.165, 1.54) is 16.4 Å². The molecule has 9 heteroatoms. The van der Waals surface area contributed by atoms with Crippen LogP contribution in [0.2, 0.25) is 0 Å². The van der Waals surface area contributed by atoms with Crippen LogP contribution in [0.1, 0.15) is 37.0 Å². The SMILES string of the molecule is CCOC(=O)N1CCN(C(=O)c2ccc(S(=O)(=O)N3CCC[C@@H](C)C3)cc2)CC1. The number of amides is 2. The molecule has 2 fully saturated rings. The van der Waals surface area contributed by atoms with Gasteiger partial charge in [-0.2, -0.15) is 4.31 Å². The van der Waals surface area contributed by atoms with Crippen LogP contribution in [-0.4, -0.2) is 80.4 Å². The standard InChI is InChI=1S/C20H29N3O5S/c1-3-28-20(25)22-13-11-21(12-14-22)19(24)17-6-8-18(9-7-17)29(26,27)23-10-4-5-16(2)15-23/h6-9,16H,3-5,10-15H2,1-2H3/t16-/m1/s1. The normalized spacial score (nSPS) is 21.1. The molecule has 2 amide bonds. The van der Waals surface area contributed by atoms with Crippen LogP contribution in [0.4, 0.5) is 4.79 Å². The molecular formula is C20H29N3O5S. The Hall–Kier alpha value is -2.13. The second-order valence-electron chi connectivity index (χ2n) is 7.61. The molecule has 2 aliphatic heterocycles. The van der Waals surface area contributed by atoms with E-state index < -0.39 is 10.0 Å². The number of piperidine rings is 1. The first kappa shape index (κ1) is 21.6. The van der Waals surface area contributed by atoms with Crippen molar-refractivity contribution in [1.29, 1.82) is 0 Å². The summed E-state index contributed by atoms with van der Waals surface area (Å²) in [4.78, 5) is 28.0. The van der Waals surface area contributed by atoms with E-state index in [1.807, 2.05) is 0 Å². The third kappa shape index (κ3) is 4.90. The van der Waals surface area contributed by atoms with E-state index in [9.17, 15) is 18.0 Å². The van der Waals surface area contributed by atoms with Gasteiger partial charge in [-0.1, -0.05) is 6.92 Å². The van der Waals surface area contributed by atoms with Crippen molar-refractivity contribution in [2.24, 2.45) is 5.92 Å². The smallest absolute Gasteiger partial charge is 0.409 e. The summed E-state index contributed by atoms with van der Waals surface area (Å²) in [5, 5.41) is 0. The number of carbonyl (C=O) groups is 2. The highest BCUT2D eigenvalue weighted by atomic mass is 32.2. The zero-order valence-electron chi connectivity index (χ0n) is 17.0. The number of ether oxygens (including phenoxy) is 1. The molecule has 0 N–H and O–H groups in total. The largest absolute Gasteiger partial charge is 0.450 e. The Kier molecular flexibility index (Phi) is 6.79. The highest BCUT2D eigenvalue weighted by Crippen LogP contribution is 2.24. The molecule has 0 aromatic heterocycles. The quantitative estimate of drug-likeness (QED) is 0.739. The molecule has 0 radical (unpaired) electrons. The van der Waals surface area contributed by atoms with Crippen LogP contribution >= 0.6 is 0 Å². The van der Waals surface area contributed by atoms with Crippen LogP contribution in [0, 0.1) is 5.92 Å². The van der Waals surface area contributed by atoms with Gasteiger partial charge >= 0.3 is 6.09 Å². The average molecular weight is 424 g/mol. The zero-order chi connectivity index (χ0) is 21.0. The highest BCUT2D eigenvalue weighted by molar-refractivity contribution is 7.89. The van der Waals surface area contributed by atoms with Gasteiger partial charge < -0.3 is 14.5 Å². The molecule has 2 aliphatic rings. The summed E-state index contributed by atoms with van der Waals surface area (Å²) in [5.74, 6) is 0.191. The van der Waals surface area contributed by atoms with E-state index in [0.29, 0.717) is 57.4 Å². The first-order chi connectivity index (χ1) is 13.8. The van der Waals surface area contributed by atoms with Crippen molar-refractivity contribution in [2.75, 3.05) is 45.9 Å². The molecule has 0 spiro atoms. The third-order valence-corrected chi connectivity index (χ3v) is 7.33. The minimum Gasteiger partial charge on any atom is -0.450 e. The van der Waals surface area contributed by atoms with E-state index in [-0.39, 0.29) is 16.9 Å². The number of hydrogen-bond donors (Lipinski definition) is 0.